The highest BCUT2D eigenvalue weighted by Gasteiger charge is 2.48. The predicted octanol–water partition coefficient (Wildman–Crippen LogP) is 4.42. The Morgan fingerprint density at radius 1 is 1.29 bits per heavy atom. The lowest BCUT2D eigenvalue weighted by Gasteiger charge is -2.40. The van der Waals surface area contributed by atoms with Crippen LogP contribution >= 0.6 is 0 Å². The van der Waals surface area contributed by atoms with Gasteiger partial charge in [-0.25, -0.2) is 0 Å². The second-order valence-corrected chi connectivity index (χ2v) is 6.20. The van der Waals surface area contributed by atoms with Crippen LogP contribution in [-0.4, -0.2) is 25.4 Å². The van der Waals surface area contributed by atoms with Crippen LogP contribution in [0.1, 0.15) is 51.9 Å². The zero-order valence-electron chi connectivity index (χ0n) is 12.7. The summed E-state index contributed by atoms with van der Waals surface area (Å²) in [5.41, 5.74) is 1.02. The van der Waals surface area contributed by atoms with Gasteiger partial charge in [0.1, 0.15) is 0 Å². The largest absolute Gasteiger partial charge is 0.501 e. The highest BCUT2D eigenvalue weighted by molar-refractivity contribution is 5.13. The number of alkyl halides is 3. The Balaban J connectivity index is 2.18. The van der Waals surface area contributed by atoms with Gasteiger partial charge in [-0.15, -0.1) is 0 Å². The molecule has 2 nitrogen and oxygen atoms in total. The van der Waals surface area contributed by atoms with Crippen molar-refractivity contribution in [2.75, 3.05) is 13.2 Å². The molecular weight excluding hydrogens is 279 g/mol. The molecule has 122 valence electrons. The molecule has 2 aliphatic rings. The molecule has 0 spiro atoms. The van der Waals surface area contributed by atoms with Crippen LogP contribution in [0.5, 0.6) is 0 Å². The van der Waals surface area contributed by atoms with Crippen LogP contribution in [0.3, 0.4) is 0 Å². The van der Waals surface area contributed by atoms with Gasteiger partial charge >= 0.3 is 6.18 Å². The number of hydrogen-bond donors (Lipinski definition) is 1. The zero-order valence-corrected chi connectivity index (χ0v) is 12.7. The first kappa shape index (κ1) is 16.7. The van der Waals surface area contributed by atoms with Gasteiger partial charge in [-0.1, -0.05) is 19.8 Å². The average Bonchev–Trinajstić information content (AvgIpc) is 2.48. The lowest BCUT2D eigenvalue weighted by molar-refractivity contribution is -0.198. The van der Waals surface area contributed by atoms with Crippen LogP contribution in [-0.2, 0) is 4.74 Å². The van der Waals surface area contributed by atoms with Crippen molar-refractivity contribution < 1.29 is 17.9 Å². The van der Waals surface area contributed by atoms with Gasteiger partial charge in [-0.05, 0) is 50.1 Å². The molecule has 1 aliphatic heterocycles. The summed E-state index contributed by atoms with van der Waals surface area (Å²) in [6, 6.07) is -0.183. The SMILES string of the molecule is CCCNC(C1=COCCC1)C1CCCCC1C(F)(F)F. The molecule has 0 aromatic rings. The summed E-state index contributed by atoms with van der Waals surface area (Å²) in [5, 5.41) is 3.36. The molecule has 5 heteroatoms. The molecule has 0 aromatic heterocycles. The third-order valence-corrected chi connectivity index (χ3v) is 4.64. The van der Waals surface area contributed by atoms with Crippen molar-refractivity contribution in [2.45, 2.75) is 64.1 Å². The van der Waals surface area contributed by atoms with E-state index in [1.165, 1.54) is 0 Å². The van der Waals surface area contributed by atoms with Crippen LogP contribution < -0.4 is 5.32 Å². The summed E-state index contributed by atoms with van der Waals surface area (Å²) in [4.78, 5) is 0. The van der Waals surface area contributed by atoms with E-state index in [2.05, 4.69) is 5.32 Å². The van der Waals surface area contributed by atoms with Gasteiger partial charge in [0.2, 0.25) is 0 Å². The van der Waals surface area contributed by atoms with Gasteiger partial charge < -0.3 is 10.1 Å². The summed E-state index contributed by atoms with van der Waals surface area (Å²) in [6.07, 6.45) is 2.81. The van der Waals surface area contributed by atoms with E-state index < -0.39 is 12.1 Å². The van der Waals surface area contributed by atoms with Crippen LogP contribution in [0.25, 0.3) is 0 Å². The van der Waals surface area contributed by atoms with E-state index >= 15 is 0 Å². The topological polar surface area (TPSA) is 21.3 Å². The number of rotatable bonds is 5. The molecule has 3 atom stereocenters. The monoisotopic (exact) mass is 305 g/mol. The first-order valence-electron chi connectivity index (χ1n) is 8.14. The Labute approximate surface area is 125 Å². The van der Waals surface area contributed by atoms with E-state index in [0.29, 0.717) is 19.4 Å². The maximum atomic E-state index is 13.4. The summed E-state index contributed by atoms with van der Waals surface area (Å²) in [5.74, 6) is -1.53. The molecular formula is C16H26F3NO. The molecule has 0 bridgehead atoms. The third-order valence-electron chi connectivity index (χ3n) is 4.64. The Morgan fingerprint density at radius 2 is 2.05 bits per heavy atom. The molecule has 0 radical (unpaired) electrons. The number of halogens is 3. The normalized spacial score (nSPS) is 28.7. The molecule has 1 saturated carbocycles. The fraction of sp³-hybridized carbons (Fsp3) is 0.875. The Kier molecular flexibility index (Phi) is 5.97. The first-order chi connectivity index (χ1) is 10.0. The molecule has 0 aromatic carbocycles. The van der Waals surface area contributed by atoms with E-state index in [1.807, 2.05) is 6.92 Å². The van der Waals surface area contributed by atoms with E-state index in [0.717, 1.165) is 37.8 Å². The molecule has 2 rings (SSSR count). The predicted molar refractivity (Wildman–Crippen MR) is 76.9 cm³/mol. The van der Waals surface area contributed by atoms with E-state index in [-0.39, 0.29) is 18.4 Å². The maximum absolute atomic E-state index is 13.4. The van der Waals surface area contributed by atoms with Crippen molar-refractivity contribution in [2.24, 2.45) is 11.8 Å². The second-order valence-electron chi connectivity index (χ2n) is 6.20. The number of hydrogen-bond acceptors (Lipinski definition) is 2. The molecule has 1 aliphatic carbocycles. The third kappa shape index (κ3) is 4.38. The standard InChI is InChI=1S/C16H26F3NO/c1-2-9-20-15(12-6-5-10-21-11-12)13-7-3-4-8-14(13)16(17,18)19/h11,13-15,20H,2-10H2,1H3. The van der Waals surface area contributed by atoms with Crippen LogP contribution in [0.2, 0.25) is 0 Å². The molecule has 0 amide bonds. The Hall–Kier alpha value is -0.710. The number of nitrogens with one attached hydrogen (secondary N) is 1. The molecule has 1 fully saturated rings. The van der Waals surface area contributed by atoms with Gasteiger partial charge in [-0.3, -0.25) is 0 Å². The minimum Gasteiger partial charge on any atom is -0.501 e. The highest BCUT2D eigenvalue weighted by atomic mass is 19.4. The Bertz CT molecular complexity index is 354. The quantitative estimate of drug-likeness (QED) is 0.812. The van der Waals surface area contributed by atoms with Crippen molar-refractivity contribution in [1.82, 2.24) is 5.32 Å². The summed E-state index contributed by atoms with van der Waals surface area (Å²) < 4.78 is 45.5. The molecule has 3 unspecified atom stereocenters. The molecule has 1 heterocycles. The maximum Gasteiger partial charge on any atom is 0.392 e. The summed E-state index contributed by atoms with van der Waals surface area (Å²) >= 11 is 0. The fourth-order valence-electron chi connectivity index (χ4n) is 3.64. The van der Waals surface area contributed by atoms with Crippen molar-refractivity contribution in [3.8, 4) is 0 Å². The first-order valence-corrected chi connectivity index (χ1v) is 8.14. The van der Waals surface area contributed by atoms with Crippen LogP contribution in [0.15, 0.2) is 11.8 Å². The highest BCUT2D eigenvalue weighted by Crippen LogP contribution is 2.44. The van der Waals surface area contributed by atoms with Gasteiger partial charge in [0.05, 0.1) is 18.8 Å². The summed E-state index contributed by atoms with van der Waals surface area (Å²) in [7, 11) is 0. The van der Waals surface area contributed by atoms with E-state index in [1.54, 1.807) is 6.26 Å². The van der Waals surface area contributed by atoms with Crippen molar-refractivity contribution in [1.29, 1.82) is 0 Å². The smallest absolute Gasteiger partial charge is 0.392 e. The van der Waals surface area contributed by atoms with Crippen molar-refractivity contribution in [3.63, 3.8) is 0 Å². The zero-order chi connectivity index (χ0) is 15.3. The summed E-state index contributed by atoms with van der Waals surface area (Å²) in [6.45, 7) is 3.47. The minimum atomic E-state index is -4.09. The minimum absolute atomic E-state index is 0.183. The lowest BCUT2D eigenvalue weighted by Crippen LogP contribution is -2.47. The average molecular weight is 305 g/mol. The number of ether oxygens (including phenoxy) is 1. The van der Waals surface area contributed by atoms with Gasteiger partial charge in [0.25, 0.3) is 0 Å². The molecule has 0 saturated heterocycles. The van der Waals surface area contributed by atoms with Crippen LogP contribution in [0, 0.1) is 11.8 Å². The molecule has 21 heavy (non-hydrogen) atoms. The van der Waals surface area contributed by atoms with E-state index in [4.69, 9.17) is 4.74 Å². The lowest BCUT2D eigenvalue weighted by atomic mass is 9.72. The van der Waals surface area contributed by atoms with Crippen molar-refractivity contribution in [3.05, 3.63) is 11.8 Å². The van der Waals surface area contributed by atoms with Crippen LogP contribution in [0.4, 0.5) is 13.2 Å². The van der Waals surface area contributed by atoms with Gasteiger partial charge in [0, 0.05) is 6.04 Å². The second kappa shape index (κ2) is 7.52. The fourth-order valence-corrected chi connectivity index (χ4v) is 3.64. The van der Waals surface area contributed by atoms with E-state index in [9.17, 15) is 13.2 Å². The van der Waals surface area contributed by atoms with Crippen molar-refractivity contribution >= 4 is 0 Å². The van der Waals surface area contributed by atoms with Gasteiger partial charge in [0.15, 0.2) is 0 Å². The molecule has 1 N–H and O–H groups in total. The van der Waals surface area contributed by atoms with Gasteiger partial charge in [-0.2, -0.15) is 13.2 Å². The Morgan fingerprint density at radius 3 is 2.67 bits per heavy atom.